The maximum atomic E-state index is 12.5. The summed E-state index contributed by atoms with van der Waals surface area (Å²) in [6, 6.07) is 4.93. The van der Waals surface area contributed by atoms with Crippen molar-refractivity contribution in [3.63, 3.8) is 0 Å². The van der Waals surface area contributed by atoms with Crippen LogP contribution in [0.4, 0.5) is 5.69 Å². The van der Waals surface area contributed by atoms with Gasteiger partial charge in [-0.15, -0.1) is 0 Å². The number of hydrogen-bond acceptors (Lipinski definition) is 4. The smallest absolute Gasteiger partial charge is 0.224 e. The molecule has 172 valence electrons. The third-order valence-electron chi connectivity index (χ3n) is 7.62. The van der Waals surface area contributed by atoms with Gasteiger partial charge in [-0.2, -0.15) is 5.10 Å². The lowest BCUT2D eigenvalue weighted by Gasteiger charge is -2.36. The van der Waals surface area contributed by atoms with Crippen LogP contribution < -0.4 is 15.0 Å². The number of carbonyl (C=O) groups is 1. The minimum Gasteiger partial charge on any atom is -0.492 e. The number of rotatable bonds is 5. The molecule has 1 aliphatic carbocycles. The zero-order valence-electron chi connectivity index (χ0n) is 19.5. The van der Waals surface area contributed by atoms with Gasteiger partial charge in [-0.25, -0.2) is 0 Å². The second-order valence-corrected chi connectivity index (χ2v) is 9.87. The van der Waals surface area contributed by atoms with E-state index in [0.29, 0.717) is 12.0 Å². The molecular formula is C26H36N4O2. The monoisotopic (exact) mass is 436 g/mol. The van der Waals surface area contributed by atoms with E-state index >= 15 is 0 Å². The molecule has 2 aromatic rings. The van der Waals surface area contributed by atoms with Gasteiger partial charge in [0.1, 0.15) is 5.75 Å². The summed E-state index contributed by atoms with van der Waals surface area (Å²) < 4.78 is 8.75. The molecule has 0 spiro atoms. The van der Waals surface area contributed by atoms with Crippen molar-refractivity contribution in [1.29, 1.82) is 0 Å². The van der Waals surface area contributed by atoms with Crippen LogP contribution in [-0.4, -0.2) is 41.4 Å². The second-order valence-electron chi connectivity index (χ2n) is 9.87. The Morgan fingerprint density at radius 1 is 1.16 bits per heavy atom. The zero-order chi connectivity index (χ0) is 22.1. The molecule has 6 heteroatoms. The van der Waals surface area contributed by atoms with Crippen LogP contribution >= 0.6 is 0 Å². The zero-order valence-corrected chi connectivity index (χ0v) is 19.5. The SMILES string of the molecule is CC(=O)N1c2ccc(-c3cnn(C4CCNCC4)c3)c(OCC3CCCC3)c2CCC1C. The van der Waals surface area contributed by atoms with Gasteiger partial charge in [-0.3, -0.25) is 9.48 Å². The van der Waals surface area contributed by atoms with E-state index in [-0.39, 0.29) is 11.9 Å². The van der Waals surface area contributed by atoms with Crippen LogP contribution in [-0.2, 0) is 11.2 Å². The van der Waals surface area contributed by atoms with Crippen LogP contribution in [0, 0.1) is 5.92 Å². The molecule has 0 bridgehead atoms. The summed E-state index contributed by atoms with van der Waals surface area (Å²) in [5, 5.41) is 8.16. The van der Waals surface area contributed by atoms with Gasteiger partial charge in [0.15, 0.2) is 0 Å². The van der Waals surface area contributed by atoms with Crippen molar-refractivity contribution < 1.29 is 9.53 Å². The molecule has 2 aliphatic heterocycles. The molecule has 1 amide bonds. The van der Waals surface area contributed by atoms with E-state index in [9.17, 15) is 4.79 Å². The number of benzene rings is 1. The average Bonchev–Trinajstić information content (AvgIpc) is 3.50. The first kappa shape index (κ1) is 21.5. The third kappa shape index (κ3) is 4.17. The second kappa shape index (κ2) is 9.26. The third-order valence-corrected chi connectivity index (χ3v) is 7.62. The average molecular weight is 437 g/mol. The van der Waals surface area contributed by atoms with Gasteiger partial charge in [-0.1, -0.05) is 12.8 Å². The molecule has 3 aliphatic rings. The minimum absolute atomic E-state index is 0.103. The van der Waals surface area contributed by atoms with E-state index in [1.807, 2.05) is 11.1 Å². The first-order valence-electron chi connectivity index (χ1n) is 12.5. The van der Waals surface area contributed by atoms with Crippen LogP contribution in [0.3, 0.4) is 0 Å². The van der Waals surface area contributed by atoms with E-state index in [1.165, 1.54) is 31.2 Å². The van der Waals surface area contributed by atoms with Crippen LogP contribution in [0.15, 0.2) is 24.5 Å². The van der Waals surface area contributed by atoms with Gasteiger partial charge in [0.25, 0.3) is 0 Å². The summed E-state index contributed by atoms with van der Waals surface area (Å²) in [4.78, 5) is 14.4. The highest BCUT2D eigenvalue weighted by Gasteiger charge is 2.30. The van der Waals surface area contributed by atoms with Gasteiger partial charge < -0.3 is 15.0 Å². The minimum atomic E-state index is 0.103. The normalized spacial score (nSPS) is 22.2. The molecule has 0 radical (unpaired) electrons. The number of amides is 1. The number of ether oxygens (including phenoxy) is 1. The van der Waals surface area contributed by atoms with Gasteiger partial charge in [-0.05, 0) is 76.6 Å². The highest BCUT2D eigenvalue weighted by molar-refractivity contribution is 5.95. The summed E-state index contributed by atoms with van der Waals surface area (Å²) in [6.07, 6.45) is 13.4. The van der Waals surface area contributed by atoms with Crippen molar-refractivity contribution in [1.82, 2.24) is 15.1 Å². The largest absolute Gasteiger partial charge is 0.492 e. The molecule has 1 unspecified atom stereocenters. The van der Waals surface area contributed by atoms with Crippen LogP contribution in [0.2, 0.25) is 0 Å². The molecule has 2 fully saturated rings. The van der Waals surface area contributed by atoms with Crippen molar-refractivity contribution in [2.24, 2.45) is 5.92 Å². The van der Waals surface area contributed by atoms with E-state index in [1.54, 1.807) is 6.92 Å². The maximum absolute atomic E-state index is 12.5. The van der Waals surface area contributed by atoms with E-state index in [2.05, 4.69) is 35.3 Å². The molecule has 1 atom stereocenters. The van der Waals surface area contributed by atoms with E-state index in [0.717, 1.165) is 67.9 Å². The highest BCUT2D eigenvalue weighted by Crippen LogP contribution is 2.43. The lowest BCUT2D eigenvalue weighted by atomic mass is 9.92. The number of nitrogens with one attached hydrogen (secondary N) is 1. The Balaban J connectivity index is 1.51. The van der Waals surface area contributed by atoms with Gasteiger partial charge >= 0.3 is 0 Å². The highest BCUT2D eigenvalue weighted by atomic mass is 16.5. The van der Waals surface area contributed by atoms with Crippen LogP contribution in [0.25, 0.3) is 11.1 Å². The fraction of sp³-hybridized carbons (Fsp3) is 0.615. The number of hydrogen-bond donors (Lipinski definition) is 1. The van der Waals surface area contributed by atoms with Gasteiger partial charge in [0.05, 0.1) is 24.5 Å². The Morgan fingerprint density at radius 3 is 2.69 bits per heavy atom. The molecule has 1 aromatic carbocycles. The Kier molecular flexibility index (Phi) is 6.22. The molecule has 5 rings (SSSR count). The molecule has 3 heterocycles. The molecule has 6 nitrogen and oxygen atoms in total. The summed E-state index contributed by atoms with van der Waals surface area (Å²) in [7, 11) is 0. The number of fused-ring (bicyclic) bond motifs is 1. The van der Waals surface area contributed by atoms with Gasteiger partial charge in [0.2, 0.25) is 5.91 Å². The molecule has 1 saturated carbocycles. The lowest BCUT2D eigenvalue weighted by molar-refractivity contribution is -0.117. The Labute approximate surface area is 191 Å². The lowest BCUT2D eigenvalue weighted by Crippen LogP contribution is -2.40. The fourth-order valence-corrected chi connectivity index (χ4v) is 5.80. The predicted molar refractivity (Wildman–Crippen MR) is 127 cm³/mol. The quantitative estimate of drug-likeness (QED) is 0.736. The van der Waals surface area contributed by atoms with Crippen molar-refractivity contribution in [2.45, 2.75) is 77.3 Å². The number of piperidine rings is 1. The predicted octanol–water partition coefficient (Wildman–Crippen LogP) is 4.73. The van der Waals surface area contributed by atoms with Crippen LogP contribution in [0.5, 0.6) is 5.75 Å². The topological polar surface area (TPSA) is 59.4 Å². The first-order valence-corrected chi connectivity index (χ1v) is 12.5. The van der Waals surface area contributed by atoms with Crippen molar-refractivity contribution >= 4 is 11.6 Å². The van der Waals surface area contributed by atoms with E-state index < -0.39 is 0 Å². The Bertz CT molecular complexity index is 957. The van der Waals surface area contributed by atoms with Crippen molar-refractivity contribution in [3.05, 3.63) is 30.1 Å². The first-order chi connectivity index (χ1) is 15.6. The van der Waals surface area contributed by atoms with Gasteiger partial charge in [0, 0.05) is 35.9 Å². The molecule has 1 saturated heterocycles. The standard InChI is InChI=1S/C26H36N4O2/c1-18-7-8-24-25(30(18)19(2)31)10-9-23(26(24)32-17-20-5-3-4-6-20)21-15-28-29(16-21)22-11-13-27-14-12-22/h9-10,15-16,18,20,22,27H,3-8,11-14,17H2,1-2H3. The Hall–Kier alpha value is -2.34. The number of carbonyl (C=O) groups excluding carboxylic acids is 1. The number of nitrogens with zero attached hydrogens (tertiary/aromatic N) is 3. The molecule has 1 N–H and O–H groups in total. The Morgan fingerprint density at radius 2 is 1.94 bits per heavy atom. The van der Waals surface area contributed by atoms with Crippen molar-refractivity contribution in [3.8, 4) is 16.9 Å². The summed E-state index contributed by atoms with van der Waals surface area (Å²) in [5.41, 5.74) is 4.43. The summed E-state index contributed by atoms with van der Waals surface area (Å²) in [5.74, 6) is 1.71. The molecular weight excluding hydrogens is 400 g/mol. The summed E-state index contributed by atoms with van der Waals surface area (Å²) >= 11 is 0. The molecule has 1 aromatic heterocycles. The van der Waals surface area contributed by atoms with Crippen LogP contribution in [0.1, 0.15) is 70.4 Å². The van der Waals surface area contributed by atoms with E-state index in [4.69, 9.17) is 9.84 Å². The molecule has 32 heavy (non-hydrogen) atoms. The number of anilines is 1. The number of aromatic nitrogens is 2. The summed E-state index contributed by atoms with van der Waals surface area (Å²) in [6.45, 7) is 6.67. The van der Waals surface area contributed by atoms with Crippen molar-refractivity contribution in [2.75, 3.05) is 24.6 Å². The maximum Gasteiger partial charge on any atom is 0.224 e. The fourth-order valence-electron chi connectivity index (χ4n) is 5.80.